The Hall–Kier alpha value is -2.34. The summed E-state index contributed by atoms with van der Waals surface area (Å²) in [4.78, 5) is 13.1. The third kappa shape index (κ3) is 3.83. The van der Waals surface area contributed by atoms with Crippen LogP contribution in [-0.2, 0) is 6.54 Å². The van der Waals surface area contributed by atoms with Crippen molar-refractivity contribution in [3.63, 3.8) is 0 Å². The first-order chi connectivity index (χ1) is 9.69. The summed E-state index contributed by atoms with van der Waals surface area (Å²) in [5.41, 5.74) is 1.78. The predicted octanol–water partition coefficient (Wildman–Crippen LogP) is 1.39. The maximum atomic E-state index is 11.7. The monoisotopic (exact) mass is 274 g/mol. The SMILES string of the molecule is CN(CCO)C(=O)Nc1cnn(Cc2ccccc2)c1. The van der Waals surface area contributed by atoms with E-state index in [-0.39, 0.29) is 12.6 Å². The standard InChI is InChI=1S/C14H18N4O2/c1-17(7-8-19)14(20)16-13-9-15-18(11-13)10-12-5-3-2-4-6-12/h2-6,9,11,19H,7-8,10H2,1H3,(H,16,20). The largest absolute Gasteiger partial charge is 0.395 e. The van der Waals surface area contributed by atoms with Crippen molar-refractivity contribution in [1.29, 1.82) is 0 Å². The van der Waals surface area contributed by atoms with Crippen LogP contribution in [0.15, 0.2) is 42.7 Å². The van der Waals surface area contributed by atoms with Gasteiger partial charge in [0.05, 0.1) is 25.0 Å². The van der Waals surface area contributed by atoms with Crippen molar-refractivity contribution in [2.24, 2.45) is 0 Å². The lowest BCUT2D eigenvalue weighted by atomic mass is 10.2. The lowest BCUT2D eigenvalue weighted by Gasteiger charge is -2.15. The minimum Gasteiger partial charge on any atom is -0.395 e. The van der Waals surface area contributed by atoms with Crippen LogP contribution in [-0.4, -0.2) is 46.0 Å². The number of urea groups is 1. The molecule has 0 unspecified atom stereocenters. The van der Waals surface area contributed by atoms with Crippen molar-refractivity contribution in [3.05, 3.63) is 48.3 Å². The van der Waals surface area contributed by atoms with Crippen LogP contribution < -0.4 is 5.32 Å². The summed E-state index contributed by atoms with van der Waals surface area (Å²) in [6, 6.07) is 9.70. The molecule has 2 amide bonds. The van der Waals surface area contributed by atoms with Crippen LogP contribution >= 0.6 is 0 Å². The summed E-state index contributed by atoms with van der Waals surface area (Å²) in [5, 5.41) is 15.7. The zero-order valence-corrected chi connectivity index (χ0v) is 11.4. The van der Waals surface area contributed by atoms with Gasteiger partial charge < -0.3 is 15.3 Å². The highest BCUT2D eigenvalue weighted by Gasteiger charge is 2.09. The third-order valence-corrected chi connectivity index (χ3v) is 2.85. The number of carbonyl (C=O) groups excluding carboxylic acids is 1. The molecule has 6 heteroatoms. The molecule has 0 bridgehead atoms. The summed E-state index contributed by atoms with van der Waals surface area (Å²) in [6.45, 7) is 0.893. The molecule has 1 aromatic heterocycles. The average Bonchev–Trinajstić information content (AvgIpc) is 2.87. The number of carbonyl (C=O) groups is 1. The molecule has 6 nitrogen and oxygen atoms in total. The Morgan fingerprint density at radius 2 is 2.15 bits per heavy atom. The Labute approximate surface area is 117 Å². The summed E-state index contributed by atoms with van der Waals surface area (Å²) in [5.74, 6) is 0. The smallest absolute Gasteiger partial charge is 0.321 e. The fourth-order valence-corrected chi connectivity index (χ4v) is 1.76. The van der Waals surface area contributed by atoms with E-state index in [1.165, 1.54) is 4.90 Å². The number of aliphatic hydroxyl groups is 1. The highest BCUT2D eigenvalue weighted by Crippen LogP contribution is 2.08. The quantitative estimate of drug-likeness (QED) is 0.865. The number of benzene rings is 1. The Kier molecular flexibility index (Phi) is 4.73. The van der Waals surface area contributed by atoms with Crippen LogP contribution in [0.1, 0.15) is 5.56 Å². The van der Waals surface area contributed by atoms with Gasteiger partial charge in [0.15, 0.2) is 0 Å². The normalized spacial score (nSPS) is 10.3. The molecule has 0 aliphatic heterocycles. The number of rotatable bonds is 5. The number of likely N-dealkylation sites (N-methyl/N-ethyl adjacent to an activating group) is 1. The van der Waals surface area contributed by atoms with Crippen molar-refractivity contribution < 1.29 is 9.90 Å². The van der Waals surface area contributed by atoms with E-state index in [9.17, 15) is 4.79 Å². The number of nitrogens with zero attached hydrogens (tertiary/aromatic N) is 3. The number of nitrogens with one attached hydrogen (secondary N) is 1. The van der Waals surface area contributed by atoms with E-state index in [1.807, 2.05) is 30.3 Å². The molecule has 0 aliphatic carbocycles. The molecule has 106 valence electrons. The molecule has 0 radical (unpaired) electrons. The molecule has 2 N–H and O–H groups in total. The van der Waals surface area contributed by atoms with Crippen molar-refractivity contribution in [2.75, 3.05) is 25.5 Å². The molecule has 2 rings (SSSR count). The molecule has 1 heterocycles. The minimum absolute atomic E-state index is 0.0583. The Morgan fingerprint density at radius 1 is 1.40 bits per heavy atom. The summed E-state index contributed by atoms with van der Waals surface area (Å²) in [7, 11) is 1.62. The van der Waals surface area contributed by atoms with Gasteiger partial charge in [-0.05, 0) is 5.56 Å². The van der Waals surface area contributed by atoms with Crippen molar-refractivity contribution >= 4 is 11.7 Å². The molecule has 20 heavy (non-hydrogen) atoms. The van der Waals surface area contributed by atoms with Gasteiger partial charge in [-0.15, -0.1) is 0 Å². The molecule has 2 aromatic rings. The number of anilines is 1. The van der Waals surface area contributed by atoms with E-state index in [0.29, 0.717) is 18.8 Å². The van der Waals surface area contributed by atoms with Gasteiger partial charge in [-0.1, -0.05) is 30.3 Å². The Morgan fingerprint density at radius 3 is 2.85 bits per heavy atom. The van der Waals surface area contributed by atoms with Gasteiger partial charge >= 0.3 is 6.03 Å². The van der Waals surface area contributed by atoms with Crippen molar-refractivity contribution in [1.82, 2.24) is 14.7 Å². The lowest BCUT2D eigenvalue weighted by molar-refractivity contribution is 0.202. The fraction of sp³-hybridized carbons (Fsp3) is 0.286. The number of aromatic nitrogens is 2. The molecule has 0 atom stereocenters. The van der Waals surface area contributed by atoms with Gasteiger partial charge in [0.1, 0.15) is 0 Å². The van der Waals surface area contributed by atoms with Crippen LogP contribution in [0.25, 0.3) is 0 Å². The van der Waals surface area contributed by atoms with E-state index in [2.05, 4.69) is 10.4 Å². The molecule has 0 saturated heterocycles. The molecule has 0 saturated carbocycles. The first kappa shape index (κ1) is 14.1. The second-order valence-corrected chi connectivity index (χ2v) is 4.49. The van der Waals surface area contributed by atoms with E-state index >= 15 is 0 Å². The van der Waals surface area contributed by atoms with E-state index < -0.39 is 0 Å². The van der Waals surface area contributed by atoms with Gasteiger partial charge in [-0.25, -0.2) is 4.79 Å². The van der Waals surface area contributed by atoms with Gasteiger partial charge in [0.25, 0.3) is 0 Å². The van der Waals surface area contributed by atoms with Gasteiger partial charge in [-0.3, -0.25) is 4.68 Å². The molecular formula is C14H18N4O2. The zero-order valence-electron chi connectivity index (χ0n) is 11.4. The number of aliphatic hydroxyl groups excluding tert-OH is 1. The lowest BCUT2D eigenvalue weighted by Crippen LogP contribution is -2.33. The number of amides is 2. The zero-order chi connectivity index (χ0) is 14.4. The van der Waals surface area contributed by atoms with Gasteiger partial charge in [0, 0.05) is 19.8 Å². The second kappa shape index (κ2) is 6.72. The summed E-state index contributed by atoms with van der Waals surface area (Å²) >= 11 is 0. The van der Waals surface area contributed by atoms with Crippen LogP contribution in [0.3, 0.4) is 0 Å². The van der Waals surface area contributed by atoms with Crippen molar-refractivity contribution in [2.45, 2.75) is 6.54 Å². The van der Waals surface area contributed by atoms with E-state index in [0.717, 1.165) is 5.56 Å². The second-order valence-electron chi connectivity index (χ2n) is 4.49. The molecular weight excluding hydrogens is 256 g/mol. The summed E-state index contributed by atoms with van der Waals surface area (Å²) < 4.78 is 1.76. The molecule has 0 aliphatic rings. The minimum atomic E-state index is -0.265. The maximum Gasteiger partial charge on any atom is 0.321 e. The van der Waals surface area contributed by atoms with Gasteiger partial charge in [-0.2, -0.15) is 5.10 Å². The number of hydrogen-bond acceptors (Lipinski definition) is 3. The predicted molar refractivity (Wildman–Crippen MR) is 76.5 cm³/mol. The van der Waals surface area contributed by atoms with E-state index in [4.69, 9.17) is 5.11 Å². The van der Waals surface area contributed by atoms with Crippen LogP contribution in [0.5, 0.6) is 0 Å². The number of hydrogen-bond donors (Lipinski definition) is 2. The maximum absolute atomic E-state index is 11.7. The van der Waals surface area contributed by atoms with Crippen LogP contribution in [0, 0.1) is 0 Å². The van der Waals surface area contributed by atoms with Gasteiger partial charge in [0.2, 0.25) is 0 Å². The topological polar surface area (TPSA) is 70.4 Å². The average molecular weight is 274 g/mol. The van der Waals surface area contributed by atoms with E-state index in [1.54, 1.807) is 24.1 Å². The molecule has 0 fully saturated rings. The van der Waals surface area contributed by atoms with Crippen molar-refractivity contribution in [3.8, 4) is 0 Å². The highest BCUT2D eigenvalue weighted by molar-refractivity contribution is 5.88. The highest BCUT2D eigenvalue weighted by atomic mass is 16.3. The first-order valence-corrected chi connectivity index (χ1v) is 6.38. The Bertz CT molecular complexity index is 553. The fourth-order valence-electron chi connectivity index (χ4n) is 1.76. The first-order valence-electron chi connectivity index (χ1n) is 6.38. The molecule has 0 spiro atoms. The van der Waals surface area contributed by atoms with Crippen LogP contribution in [0.2, 0.25) is 0 Å². The van der Waals surface area contributed by atoms with Crippen LogP contribution in [0.4, 0.5) is 10.5 Å². The molecule has 1 aromatic carbocycles. The summed E-state index contributed by atoms with van der Waals surface area (Å²) in [6.07, 6.45) is 3.38. The third-order valence-electron chi connectivity index (χ3n) is 2.85. The Balaban J connectivity index is 1.94.